The highest BCUT2D eigenvalue weighted by atomic mass is 35.5. The van der Waals surface area contributed by atoms with Crippen LogP contribution in [0.3, 0.4) is 0 Å². The SMILES string of the molecule is COc1ccc(Cl)cc1N1CC[C@H](NC(=O)c2ccc(C)c(N3C(=O)[C@@H]4CCCC[C@H]4C3=O)c2)C1. The van der Waals surface area contributed by atoms with Gasteiger partial charge in [-0.1, -0.05) is 30.5 Å². The average Bonchev–Trinajstić information content (AvgIpc) is 3.42. The molecule has 3 fully saturated rings. The largest absolute Gasteiger partial charge is 0.495 e. The molecule has 1 saturated carbocycles. The van der Waals surface area contributed by atoms with Gasteiger partial charge in [0.1, 0.15) is 5.75 Å². The third-order valence-electron chi connectivity index (χ3n) is 7.56. The summed E-state index contributed by atoms with van der Waals surface area (Å²) >= 11 is 6.19. The molecule has 1 aliphatic carbocycles. The number of carbonyl (C=O) groups is 3. The van der Waals surface area contributed by atoms with Crippen LogP contribution in [0.2, 0.25) is 5.02 Å². The number of aryl methyl sites for hydroxylation is 1. The molecular weight excluding hydrogens is 466 g/mol. The lowest BCUT2D eigenvalue weighted by molar-refractivity contribution is -0.122. The van der Waals surface area contributed by atoms with Gasteiger partial charge < -0.3 is 15.0 Å². The van der Waals surface area contributed by atoms with Crippen molar-refractivity contribution in [2.45, 2.75) is 45.1 Å². The molecule has 0 unspecified atom stereocenters. The lowest BCUT2D eigenvalue weighted by Gasteiger charge is -2.22. The second-order valence-electron chi connectivity index (χ2n) is 9.73. The van der Waals surface area contributed by atoms with Crippen LogP contribution in [-0.4, -0.2) is 44.0 Å². The van der Waals surface area contributed by atoms with Crippen molar-refractivity contribution in [1.82, 2.24) is 5.32 Å². The first-order chi connectivity index (χ1) is 16.9. The van der Waals surface area contributed by atoms with Gasteiger partial charge in [-0.2, -0.15) is 0 Å². The number of hydrogen-bond acceptors (Lipinski definition) is 5. The van der Waals surface area contributed by atoms with E-state index >= 15 is 0 Å². The van der Waals surface area contributed by atoms with E-state index in [0.717, 1.165) is 55.6 Å². The van der Waals surface area contributed by atoms with Crippen LogP contribution in [0, 0.1) is 18.8 Å². The zero-order chi connectivity index (χ0) is 24.7. The van der Waals surface area contributed by atoms with Crippen LogP contribution in [0.15, 0.2) is 36.4 Å². The molecule has 2 aliphatic heterocycles. The molecule has 0 spiro atoms. The Morgan fingerprint density at radius 1 is 1.00 bits per heavy atom. The van der Waals surface area contributed by atoms with E-state index in [-0.39, 0.29) is 35.6 Å². The number of nitrogens with zero attached hydrogens (tertiary/aromatic N) is 2. The van der Waals surface area contributed by atoms with Crippen LogP contribution in [0.5, 0.6) is 5.75 Å². The quantitative estimate of drug-likeness (QED) is 0.624. The molecule has 3 atom stereocenters. The van der Waals surface area contributed by atoms with Gasteiger partial charge in [0, 0.05) is 29.7 Å². The fraction of sp³-hybridized carbons (Fsp3) is 0.444. The Balaban J connectivity index is 1.31. The number of anilines is 2. The van der Waals surface area contributed by atoms with Gasteiger partial charge in [-0.05, 0) is 62.1 Å². The normalized spacial score (nSPS) is 24.0. The Morgan fingerprint density at radius 2 is 1.71 bits per heavy atom. The summed E-state index contributed by atoms with van der Waals surface area (Å²) in [5.41, 5.74) is 2.68. The van der Waals surface area contributed by atoms with E-state index in [4.69, 9.17) is 16.3 Å². The predicted octanol–water partition coefficient (Wildman–Crippen LogP) is 4.35. The van der Waals surface area contributed by atoms with Crippen molar-refractivity contribution in [3.8, 4) is 5.75 Å². The van der Waals surface area contributed by atoms with E-state index in [1.54, 1.807) is 25.3 Å². The monoisotopic (exact) mass is 495 g/mol. The Labute approximate surface area is 210 Å². The van der Waals surface area contributed by atoms with Crippen LogP contribution in [0.1, 0.15) is 48.0 Å². The smallest absolute Gasteiger partial charge is 0.251 e. The van der Waals surface area contributed by atoms with Gasteiger partial charge in [0.25, 0.3) is 5.91 Å². The zero-order valence-corrected chi connectivity index (χ0v) is 20.8. The van der Waals surface area contributed by atoms with Crippen LogP contribution in [0.4, 0.5) is 11.4 Å². The minimum Gasteiger partial charge on any atom is -0.495 e. The first kappa shape index (κ1) is 23.7. The van der Waals surface area contributed by atoms with Gasteiger partial charge in [-0.3, -0.25) is 14.4 Å². The summed E-state index contributed by atoms with van der Waals surface area (Å²) in [6.45, 7) is 3.26. The second kappa shape index (κ2) is 9.53. The third kappa shape index (κ3) is 4.38. The summed E-state index contributed by atoms with van der Waals surface area (Å²) in [6.07, 6.45) is 4.28. The lowest BCUT2D eigenvalue weighted by Crippen LogP contribution is -2.37. The Morgan fingerprint density at radius 3 is 2.40 bits per heavy atom. The first-order valence-electron chi connectivity index (χ1n) is 12.2. The number of imide groups is 1. The number of nitrogens with one attached hydrogen (secondary N) is 1. The zero-order valence-electron chi connectivity index (χ0n) is 20.1. The molecule has 2 saturated heterocycles. The molecule has 5 rings (SSSR count). The highest BCUT2D eigenvalue weighted by molar-refractivity contribution is 6.31. The Kier molecular flexibility index (Phi) is 6.45. The molecule has 3 aliphatic rings. The molecule has 0 radical (unpaired) electrons. The second-order valence-corrected chi connectivity index (χ2v) is 10.2. The van der Waals surface area contributed by atoms with E-state index in [1.165, 1.54) is 4.90 Å². The fourth-order valence-corrected chi connectivity index (χ4v) is 5.83. The number of methoxy groups -OCH3 is 1. The van der Waals surface area contributed by atoms with Crippen molar-refractivity contribution in [2.75, 3.05) is 30.0 Å². The van der Waals surface area contributed by atoms with E-state index in [1.807, 2.05) is 25.1 Å². The summed E-state index contributed by atoms with van der Waals surface area (Å²) in [7, 11) is 1.63. The molecule has 35 heavy (non-hydrogen) atoms. The van der Waals surface area contributed by atoms with Crippen molar-refractivity contribution in [2.24, 2.45) is 11.8 Å². The van der Waals surface area contributed by atoms with Crippen molar-refractivity contribution in [3.63, 3.8) is 0 Å². The molecule has 1 N–H and O–H groups in total. The fourth-order valence-electron chi connectivity index (χ4n) is 5.67. The van der Waals surface area contributed by atoms with Gasteiger partial charge in [0.15, 0.2) is 0 Å². The molecular formula is C27H30ClN3O4. The molecule has 2 heterocycles. The standard InChI is InChI=1S/C27H30ClN3O4/c1-16-7-8-17(13-22(16)31-26(33)20-5-3-4-6-21(20)27(31)34)25(32)29-19-11-12-30(15-19)23-14-18(28)9-10-24(23)35-2/h7-10,13-14,19-21H,3-6,11-12,15H2,1-2H3,(H,29,32)/t19-,20+,21+/m0/s1. The molecule has 0 bridgehead atoms. The van der Waals surface area contributed by atoms with Crippen LogP contribution in [-0.2, 0) is 9.59 Å². The van der Waals surface area contributed by atoms with Gasteiger partial charge in [-0.25, -0.2) is 4.90 Å². The highest BCUT2D eigenvalue weighted by Crippen LogP contribution is 2.41. The first-order valence-corrected chi connectivity index (χ1v) is 12.6. The van der Waals surface area contributed by atoms with E-state index in [2.05, 4.69) is 10.2 Å². The molecule has 8 heteroatoms. The number of amides is 3. The summed E-state index contributed by atoms with van der Waals surface area (Å²) in [4.78, 5) is 42.8. The van der Waals surface area contributed by atoms with Gasteiger partial charge in [0.2, 0.25) is 11.8 Å². The van der Waals surface area contributed by atoms with Crippen LogP contribution >= 0.6 is 11.6 Å². The van der Waals surface area contributed by atoms with Gasteiger partial charge in [0.05, 0.1) is 30.3 Å². The van der Waals surface area contributed by atoms with E-state index in [9.17, 15) is 14.4 Å². The number of ether oxygens (including phenoxy) is 1. The molecule has 0 aromatic heterocycles. The van der Waals surface area contributed by atoms with Crippen molar-refractivity contribution >= 4 is 40.7 Å². The summed E-state index contributed by atoms with van der Waals surface area (Å²) in [5, 5.41) is 3.74. The molecule has 7 nitrogen and oxygen atoms in total. The number of fused-ring (bicyclic) bond motifs is 1. The number of carbonyl (C=O) groups excluding carboxylic acids is 3. The number of benzene rings is 2. The maximum Gasteiger partial charge on any atom is 0.251 e. The Hall–Kier alpha value is -3.06. The topological polar surface area (TPSA) is 79.0 Å². The predicted molar refractivity (Wildman–Crippen MR) is 135 cm³/mol. The Bertz CT molecular complexity index is 1160. The third-order valence-corrected chi connectivity index (χ3v) is 7.79. The van der Waals surface area contributed by atoms with Crippen LogP contribution in [0.25, 0.3) is 0 Å². The molecule has 184 valence electrons. The molecule has 2 aromatic rings. The van der Waals surface area contributed by atoms with Crippen LogP contribution < -0.4 is 19.9 Å². The van der Waals surface area contributed by atoms with Gasteiger partial charge >= 0.3 is 0 Å². The van der Waals surface area contributed by atoms with Crippen molar-refractivity contribution < 1.29 is 19.1 Å². The maximum atomic E-state index is 13.1. The minimum atomic E-state index is -0.221. The highest BCUT2D eigenvalue weighted by Gasteiger charge is 2.49. The van der Waals surface area contributed by atoms with Crippen molar-refractivity contribution in [1.29, 1.82) is 0 Å². The molecule has 3 amide bonds. The van der Waals surface area contributed by atoms with E-state index < -0.39 is 0 Å². The average molecular weight is 496 g/mol. The molecule has 2 aromatic carbocycles. The number of rotatable bonds is 5. The number of halogens is 1. The van der Waals surface area contributed by atoms with Crippen molar-refractivity contribution in [3.05, 3.63) is 52.5 Å². The lowest BCUT2D eigenvalue weighted by atomic mass is 9.81. The summed E-state index contributed by atoms with van der Waals surface area (Å²) in [6, 6.07) is 10.7. The summed E-state index contributed by atoms with van der Waals surface area (Å²) in [5.74, 6) is -0.163. The van der Waals surface area contributed by atoms with Gasteiger partial charge in [-0.15, -0.1) is 0 Å². The maximum absolute atomic E-state index is 13.1. The summed E-state index contributed by atoms with van der Waals surface area (Å²) < 4.78 is 5.48. The number of hydrogen-bond donors (Lipinski definition) is 1. The van der Waals surface area contributed by atoms with E-state index in [0.29, 0.717) is 22.8 Å². The minimum absolute atomic E-state index is 0.0474.